The Morgan fingerprint density at radius 2 is 0.494 bits per heavy atom. The van der Waals surface area contributed by atoms with E-state index in [0.717, 1.165) is 109 Å². The summed E-state index contributed by atoms with van der Waals surface area (Å²) in [6, 6.07) is 0. The van der Waals surface area contributed by atoms with Crippen molar-refractivity contribution in [2.75, 3.05) is 13.2 Å². The average Bonchev–Trinajstić information content (AvgIpc) is 3.45. The summed E-state index contributed by atoms with van der Waals surface area (Å²) in [7, 11) is 0. The van der Waals surface area contributed by atoms with Gasteiger partial charge in [-0.25, -0.2) is 0 Å². The Balaban J connectivity index is 4.09. The Kier molecular flexibility index (Phi) is 63.7. The Morgan fingerprint density at radius 1 is 0.266 bits per heavy atom. The summed E-state index contributed by atoms with van der Waals surface area (Å²) in [6.07, 6.45) is 90.2. The Morgan fingerprint density at radius 3 is 0.772 bits per heavy atom. The third-order valence-electron chi connectivity index (χ3n) is 14.6. The van der Waals surface area contributed by atoms with Crippen LogP contribution >= 0.6 is 0 Å². The van der Waals surface area contributed by atoms with Gasteiger partial charge < -0.3 is 14.2 Å². The monoisotopic (exact) mass is 1100 g/mol. The smallest absolute Gasteiger partial charge is 0.306 e. The Bertz CT molecular complexity index is 1540. The molecule has 79 heavy (non-hydrogen) atoms. The predicted octanol–water partition coefficient (Wildman–Crippen LogP) is 23.2. The lowest BCUT2D eigenvalue weighted by molar-refractivity contribution is -0.167. The first-order chi connectivity index (χ1) is 39.0. The summed E-state index contributed by atoms with van der Waals surface area (Å²) in [5.74, 6) is -0.887. The first-order valence-corrected chi connectivity index (χ1v) is 33.7. The summed E-state index contributed by atoms with van der Waals surface area (Å²) in [4.78, 5) is 38.1. The molecular formula is C73H126O6. The van der Waals surface area contributed by atoms with Crippen LogP contribution in [0, 0.1) is 0 Å². The van der Waals surface area contributed by atoms with Crippen LogP contribution in [0.1, 0.15) is 329 Å². The first kappa shape index (κ1) is 75.3. The van der Waals surface area contributed by atoms with Gasteiger partial charge in [0.1, 0.15) is 13.2 Å². The van der Waals surface area contributed by atoms with Gasteiger partial charge in [-0.15, -0.1) is 0 Å². The molecule has 0 spiro atoms. The van der Waals surface area contributed by atoms with Crippen molar-refractivity contribution in [3.63, 3.8) is 0 Å². The number of allylic oxidation sites excluding steroid dienone is 16. The van der Waals surface area contributed by atoms with Crippen LogP contribution in [0.2, 0.25) is 0 Å². The summed E-state index contributed by atoms with van der Waals surface area (Å²) in [6.45, 7) is 6.49. The predicted molar refractivity (Wildman–Crippen MR) is 344 cm³/mol. The number of hydrogen-bond donors (Lipinski definition) is 0. The molecule has 0 radical (unpaired) electrons. The van der Waals surface area contributed by atoms with Crippen LogP contribution in [0.5, 0.6) is 0 Å². The van der Waals surface area contributed by atoms with E-state index >= 15 is 0 Å². The maximum absolute atomic E-state index is 12.9. The van der Waals surface area contributed by atoms with Crippen LogP contribution in [0.4, 0.5) is 0 Å². The van der Waals surface area contributed by atoms with Crippen molar-refractivity contribution in [3.8, 4) is 0 Å². The molecule has 0 aromatic rings. The number of rotatable bonds is 61. The third-order valence-corrected chi connectivity index (χ3v) is 14.6. The van der Waals surface area contributed by atoms with Crippen molar-refractivity contribution in [1.29, 1.82) is 0 Å². The number of ether oxygens (including phenoxy) is 3. The minimum absolute atomic E-state index is 0.0796. The van der Waals surface area contributed by atoms with Crippen molar-refractivity contribution < 1.29 is 28.6 Å². The van der Waals surface area contributed by atoms with Gasteiger partial charge in [0.25, 0.3) is 0 Å². The lowest BCUT2D eigenvalue weighted by Gasteiger charge is -2.18. The number of carbonyl (C=O) groups excluding carboxylic acids is 3. The molecule has 0 amide bonds. The van der Waals surface area contributed by atoms with Gasteiger partial charge in [0.15, 0.2) is 6.10 Å². The second-order valence-electron chi connectivity index (χ2n) is 22.4. The van der Waals surface area contributed by atoms with Gasteiger partial charge in [-0.05, 0) is 103 Å². The fourth-order valence-electron chi connectivity index (χ4n) is 9.54. The average molecular weight is 1100 g/mol. The molecule has 0 saturated carbocycles. The normalized spacial score (nSPS) is 12.7. The summed E-state index contributed by atoms with van der Waals surface area (Å²) < 4.78 is 16.9. The molecule has 0 aromatic heterocycles. The van der Waals surface area contributed by atoms with Gasteiger partial charge in [-0.3, -0.25) is 14.4 Å². The van der Waals surface area contributed by atoms with Crippen molar-refractivity contribution in [2.45, 2.75) is 335 Å². The highest BCUT2D eigenvalue weighted by Crippen LogP contribution is 2.17. The molecule has 454 valence electrons. The zero-order valence-electron chi connectivity index (χ0n) is 52.1. The van der Waals surface area contributed by atoms with E-state index in [9.17, 15) is 14.4 Å². The number of unbranched alkanes of at least 4 members (excludes halogenated alkanes) is 34. The fraction of sp³-hybridized carbons (Fsp3) is 0.740. The summed E-state index contributed by atoms with van der Waals surface area (Å²) in [5.41, 5.74) is 0. The largest absolute Gasteiger partial charge is 0.462 e. The molecule has 0 aliphatic carbocycles. The Hall–Kier alpha value is -3.67. The Labute approximate surface area is 489 Å². The highest BCUT2D eigenvalue weighted by molar-refractivity contribution is 5.71. The van der Waals surface area contributed by atoms with E-state index in [4.69, 9.17) is 14.2 Å². The second-order valence-corrected chi connectivity index (χ2v) is 22.4. The van der Waals surface area contributed by atoms with Gasteiger partial charge >= 0.3 is 17.9 Å². The minimum atomic E-state index is -0.781. The molecule has 0 N–H and O–H groups in total. The van der Waals surface area contributed by atoms with E-state index in [1.807, 2.05) is 0 Å². The highest BCUT2D eigenvalue weighted by atomic mass is 16.6. The van der Waals surface area contributed by atoms with Gasteiger partial charge in [-0.2, -0.15) is 0 Å². The molecule has 0 saturated heterocycles. The van der Waals surface area contributed by atoms with E-state index in [-0.39, 0.29) is 31.1 Å². The maximum Gasteiger partial charge on any atom is 0.306 e. The SMILES string of the molecule is CC/C=C\C/C=C\C/C=C\C/C=C\C/C=C\CCCCCCCCCC(=O)OC(COC(=O)CCCCCCCCC)COC(=O)CCCCCCCCCCCCCCCCCC/C=C\C/C=C\C/C=C\CCCCCCC. The molecule has 6 heteroatoms. The van der Waals surface area contributed by atoms with E-state index in [2.05, 4.69) is 118 Å². The third kappa shape index (κ3) is 65.0. The standard InChI is InChI=1S/C73H126O6/c1-4-7-10-13-16-18-20-22-24-26-28-30-32-33-34-35-36-37-38-39-41-42-44-46-48-50-52-54-57-60-63-66-72(75)78-69-70(68-77-71(74)65-62-59-56-15-12-9-6-3)79-73(76)67-64-61-58-55-53-51-49-47-45-43-40-31-29-27-25-23-21-19-17-14-11-8-5-2/h8,11,17,19-20,22-23,25-26,28-29,31-33,43,45,70H,4-7,9-10,12-16,18,21,24,27,30,34-42,44,46-69H2,1-3H3/b11-8-,19-17-,22-20-,25-23-,28-26-,31-29-,33-32-,45-43-. The fourth-order valence-corrected chi connectivity index (χ4v) is 9.54. The first-order valence-electron chi connectivity index (χ1n) is 33.7. The molecular weight excluding hydrogens is 973 g/mol. The number of carbonyl (C=O) groups is 3. The van der Waals surface area contributed by atoms with E-state index in [1.54, 1.807) is 0 Å². The van der Waals surface area contributed by atoms with E-state index < -0.39 is 6.10 Å². The molecule has 1 unspecified atom stereocenters. The topological polar surface area (TPSA) is 78.9 Å². The van der Waals surface area contributed by atoms with Crippen LogP contribution in [0.3, 0.4) is 0 Å². The summed E-state index contributed by atoms with van der Waals surface area (Å²) >= 11 is 0. The van der Waals surface area contributed by atoms with Crippen LogP contribution in [0.15, 0.2) is 97.2 Å². The molecule has 0 bridgehead atoms. The van der Waals surface area contributed by atoms with Crippen molar-refractivity contribution >= 4 is 17.9 Å². The molecule has 0 aliphatic rings. The molecule has 0 rings (SSSR count). The van der Waals surface area contributed by atoms with Gasteiger partial charge in [0.05, 0.1) is 0 Å². The zero-order valence-corrected chi connectivity index (χ0v) is 52.1. The minimum Gasteiger partial charge on any atom is -0.462 e. The molecule has 0 heterocycles. The van der Waals surface area contributed by atoms with Crippen LogP contribution in [-0.4, -0.2) is 37.2 Å². The van der Waals surface area contributed by atoms with Crippen molar-refractivity contribution in [3.05, 3.63) is 97.2 Å². The van der Waals surface area contributed by atoms with Gasteiger partial charge in [0, 0.05) is 19.3 Å². The molecule has 0 aliphatic heterocycles. The van der Waals surface area contributed by atoms with Crippen LogP contribution < -0.4 is 0 Å². The van der Waals surface area contributed by atoms with Gasteiger partial charge in [0.2, 0.25) is 0 Å². The second kappa shape index (κ2) is 66.8. The lowest BCUT2D eigenvalue weighted by Crippen LogP contribution is -2.30. The molecule has 0 fully saturated rings. The van der Waals surface area contributed by atoms with Crippen molar-refractivity contribution in [1.82, 2.24) is 0 Å². The highest BCUT2D eigenvalue weighted by Gasteiger charge is 2.19. The van der Waals surface area contributed by atoms with E-state index in [1.165, 1.54) is 180 Å². The molecule has 6 nitrogen and oxygen atoms in total. The number of esters is 3. The van der Waals surface area contributed by atoms with Gasteiger partial charge in [-0.1, -0.05) is 304 Å². The summed E-state index contributed by atoms with van der Waals surface area (Å²) in [5, 5.41) is 0. The van der Waals surface area contributed by atoms with E-state index in [0.29, 0.717) is 19.3 Å². The van der Waals surface area contributed by atoms with Crippen LogP contribution in [-0.2, 0) is 28.6 Å². The number of hydrogen-bond acceptors (Lipinski definition) is 6. The quantitative estimate of drug-likeness (QED) is 0.0261. The van der Waals surface area contributed by atoms with Crippen molar-refractivity contribution in [2.24, 2.45) is 0 Å². The van der Waals surface area contributed by atoms with Crippen LogP contribution in [0.25, 0.3) is 0 Å². The lowest BCUT2D eigenvalue weighted by atomic mass is 10.0. The maximum atomic E-state index is 12.9. The molecule has 1 atom stereocenters. The molecule has 0 aromatic carbocycles. The zero-order chi connectivity index (χ0) is 57.1.